The van der Waals surface area contributed by atoms with Crippen LogP contribution in [0.4, 0.5) is 0 Å². The van der Waals surface area contributed by atoms with Crippen molar-refractivity contribution in [1.29, 1.82) is 0 Å². The number of aryl methyl sites for hydroxylation is 1. The first-order valence-corrected chi connectivity index (χ1v) is 16.6. The summed E-state index contributed by atoms with van der Waals surface area (Å²) in [5.74, 6) is 0. The van der Waals surface area contributed by atoms with Gasteiger partial charge in [-0.3, -0.25) is 0 Å². The molecule has 2 nitrogen and oxygen atoms in total. The van der Waals surface area contributed by atoms with E-state index in [1.807, 2.05) is 60.1 Å². The Hall–Kier alpha value is -4.73. The van der Waals surface area contributed by atoms with Crippen LogP contribution in [-0.4, -0.2) is 9.97 Å². The van der Waals surface area contributed by atoms with E-state index < -0.39 is 0 Å². The van der Waals surface area contributed by atoms with Crippen molar-refractivity contribution in [2.45, 2.75) is 26.2 Å². The van der Waals surface area contributed by atoms with Crippen molar-refractivity contribution in [2.24, 2.45) is 0 Å². The fourth-order valence-corrected chi connectivity index (χ4v) is 7.22. The minimum Gasteiger partial charge on any atom is -0.305 e. The van der Waals surface area contributed by atoms with Crippen LogP contribution in [0.25, 0.3) is 53.8 Å². The average molecular weight is 815 g/mol. The van der Waals surface area contributed by atoms with Crippen LogP contribution >= 0.6 is 11.3 Å². The molecule has 3 heterocycles. The Kier molecular flexibility index (Phi) is 10.1. The predicted molar refractivity (Wildman–Crippen MR) is 199 cm³/mol. The molecule has 0 atom stereocenters. The molecule has 8 rings (SSSR count). The second-order valence-electron chi connectivity index (χ2n) is 12.1. The topological polar surface area (TPSA) is 25.8 Å². The number of fused-ring (bicyclic) bond motifs is 3. The molecule has 0 fully saturated rings. The molecule has 237 valence electrons. The van der Waals surface area contributed by atoms with Crippen molar-refractivity contribution in [3.05, 3.63) is 181 Å². The van der Waals surface area contributed by atoms with Crippen molar-refractivity contribution in [3.8, 4) is 33.6 Å². The van der Waals surface area contributed by atoms with E-state index in [9.17, 15) is 0 Å². The number of nitrogens with zero attached hydrogens (tertiary/aromatic N) is 2. The van der Waals surface area contributed by atoms with Gasteiger partial charge in [0.1, 0.15) is 0 Å². The van der Waals surface area contributed by atoms with Gasteiger partial charge in [-0.25, -0.2) is 0 Å². The maximum Gasteiger partial charge on any atom is 0.0239 e. The third-order valence-electron chi connectivity index (χ3n) is 8.74. The molecule has 0 saturated heterocycles. The van der Waals surface area contributed by atoms with Gasteiger partial charge in [0.2, 0.25) is 0 Å². The Morgan fingerprint density at radius 2 is 1.35 bits per heavy atom. The summed E-state index contributed by atoms with van der Waals surface area (Å²) in [5, 5.41) is 2.59. The molecule has 0 spiro atoms. The summed E-state index contributed by atoms with van der Waals surface area (Å²) in [5.41, 5.74) is 10.2. The van der Waals surface area contributed by atoms with Gasteiger partial charge in [0.25, 0.3) is 0 Å². The van der Waals surface area contributed by atoms with Gasteiger partial charge in [0.05, 0.1) is 0 Å². The Morgan fingerprint density at radius 3 is 2.12 bits per heavy atom. The van der Waals surface area contributed by atoms with Gasteiger partial charge in [-0.1, -0.05) is 110 Å². The Bertz CT molecular complexity index is 2280. The molecule has 3 aromatic heterocycles. The molecule has 1 radical (unpaired) electrons. The Morgan fingerprint density at radius 1 is 0.625 bits per heavy atom. The van der Waals surface area contributed by atoms with E-state index >= 15 is 0 Å². The van der Waals surface area contributed by atoms with Gasteiger partial charge in [0.15, 0.2) is 0 Å². The van der Waals surface area contributed by atoms with Crippen molar-refractivity contribution < 1.29 is 20.1 Å². The Balaban J connectivity index is 0.000000176. The van der Waals surface area contributed by atoms with Gasteiger partial charge < -0.3 is 9.97 Å². The number of rotatable bonds is 5. The van der Waals surface area contributed by atoms with E-state index in [4.69, 9.17) is 4.98 Å². The molecule has 0 amide bonds. The number of aromatic nitrogens is 2. The molecule has 0 N–H and O–H groups in total. The minimum absolute atomic E-state index is 0. The van der Waals surface area contributed by atoms with E-state index in [-0.39, 0.29) is 25.5 Å². The first kappa shape index (κ1) is 33.2. The van der Waals surface area contributed by atoms with Crippen LogP contribution in [0.15, 0.2) is 152 Å². The number of benzene rings is 5. The van der Waals surface area contributed by atoms with Crippen LogP contribution in [0.3, 0.4) is 0 Å². The van der Waals surface area contributed by atoms with Crippen molar-refractivity contribution in [1.82, 2.24) is 9.97 Å². The molecule has 4 heteroatoms. The number of thiophene rings is 1. The third kappa shape index (κ3) is 6.79. The fourth-order valence-electron chi connectivity index (χ4n) is 6.01. The standard InChI is InChI=1S/C26H20NS.C18H14N.Ir/c1-26(2,18-9-4-3-5-10-18)19-15-16-27-23(17-19)22-13-8-12-21-20-11-6-7-14-24(20)28-25(21)22;1-14-13-19-18(16-10-6-3-7-11-16)12-17(14)15-8-4-2-5-9-15;/h3-12,14-17H,1-2H3;2-10,12-13H,1H3;/q2*-1;. The average Bonchev–Trinajstić information content (AvgIpc) is 3.52. The zero-order valence-corrected chi connectivity index (χ0v) is 30.3. The minimum atomic E-state index is -0.0903. The molecular weight excluding hydrogens is 781 g/mol. The molecule has 0 unspecified atom stereocenters. The van der Waals surface area contributed by atoms with E-state index in [2.05, 4.69) is 141 Å². The summed E-state index contributed by atoms with van der Waals surface area (Å²) < 4.78 is 2.56. The molecule has 0 bridgehead atoms. The quantitative estimate of drug-likeness (QED) is 0.162. The van der Waals surface area contributed by atoms with E-state index in [0.29, 0.717) is 0 Å². The first-order valence-electron chi connectivity index (χ1n) is 15.8. The second kappa shape index (κ2) is 14.6. The molecule has 8 aromatic rings. The van der Waals surface area contributed by atoms with Crippen LogP contribution in [0, 0.1) is 19.1 Å². The van der Waals surface area contributed by atoms with Gasteiger partial charge in [-0.15, -0.1) is 59.7 Å². The Labute approximate surface area is 300 Å². The zero-order valence-electron chi connectivity index (χ0n) is 27.1. The number of pyridine rings is 2. The molecular formula is C44H34IrN2S-2. The van der Waals surface area contributed by atoms with Gasteiger partial charge in [0, 0.05) is 42.6 Å². The SMILES string of the molecule is CC(C)(c1ccccc1)c1ccnc(-c2[c-]ccc3c2sc2ccccc23)c1.Cc1cnc(-c2[c-]cccc2)cc1-c1ccccc1.[Ir]. The first-order chi connectivity index (χ1) is 23.0. The molecule has 5 aromatic carbocycles. The zero-order chi connectivity index (χ0) is 32.2. The molecule has 48 heavy (non-hydrogen) atoms. The van der Waals surface area contributed by atoms with Crippen LogP contribution < -0.4 is 0 Å². The van der Waals surface area contributed by atoms with Crippen molar-refractivity contribution in [2.75, 3.05) is 0 Å². The molecule has 0 aliphatic heterocycles. The monoisotopic (exact) mass is 815 g/mol. The van der Waals surface area contributed by atoms with E-state index in [1.54, 1.807) is 0 Å². The predicted octanol–water partition coefficient (Wildman–Crippen LogP) is 11.8. The van der Waals surface area contributed by atoms with Crippen molar-refractivity contribution >= 4 is 31.5 Å². The van der Waals surface area contributed by atoms with Crippen molar-refractivity contribution in [3.63, 3.8) is 0 Å². The number of hydrogen-bond acceptors (Lipinski definition) is 3. The van der Waals surface area contributed by atoms with E-state index in [0.717, 1.165) is 22.5 Å². The maximum atomic E-state index is 4.71. The molecule has 0 saturated carbocycles. The summed E-state index contributed by atoms with van der Waals surface area (Å²) in [4.78, 5) is 9.22. The maximum absolute atomic E-state index is 4.71. The van der Waals surface area contributed by atoms with Crippen LogP contribution in [0.1, 0.15) is 30.5 Å². The third-order valence-corrected chi connectivity index (χ3v) is 9.95. The van der Waals surface area contributed by atoms with Crippen LogP contribution in [0.5, 0.6) is 0 Å². The number of hydrogen-bond donors (Lipinski definition) is 0. The molecule has 0 aliphatic rings. The van der Waals surface area contributed by atoms with Crippen LogP contribution in [-0.2, 0) is 25.5 Å². The summed E-state index contributed by atoms with van der Waals surface area (Å²) >= 11 is 1.82. The molecule has 0 aliphatic carbocycles. The summed E-state index contributed by atoms with van der Waals surface area (Å²) in [6.45, 7) is 6.63. The van der Waals surface area contributed by atoms with Gasteiger partial charge in [-0.05, 0) is 68.3 Å². The fraction of sp³-hybridized carbons (Fsp3) is 0.0909. The van der Waals surface area contributed by atoms with E-state index in [1.165, 1.54) is 48.0 Å². The summed E-state index contributed by atoms with van der Waals surface area (Å²) in [7, 11) is 0. The smallest absolute Gasteiger partial charge is 0.0239 e. The van der Waals surface area contributed by atoms with Gasteiger partial charge >= 0.3 is 0 Å². The summed E-state index contributed by atoms with van der Waals surface area (Å²) in [6.07, 6.45) is 3.86. The largest absolute Gasteiger partial charge is 0.305 e. The van der Waals surface area contributed by atoms with Crippen LogP contribution in [0.2, 0.25) is 0 Å². The summed E-state index contributed by atoms with van der Waals surface area (Å²) in [6, 6.07) is 54.9. The normalized spacial score (nSPS) is 11.1. The van der Waals surface area contributed by atoms with Gasteiger partial charge in [-0.2, -0.15) is 11.3 Å². The second-order valence-corrected chi connectivity index (χ2v) is 13.2.